The van der Waals surface area contributed by atoms with Crippen LogP contribution in [0.15, 0.2) is 34.4 Å². The van der Waals surface area contributed by atoms with Gasteiger partial charge in [-0.25, -0.2) is 4.39 Å². The number of allylic oxidation sites excluding steroid dienone is 4. The van der Waals surface area contributed by atoms with Gasteiger partial charge in [-0.2, -0.15) is 0 Å². The first-order chi connectivity index (χ1) is 10.1. The van der Waals surface area contributed by atoms with Crippen LogP contribution in [0.3, 0.4) is 0 Å². The van der Waals surface area contributed by atoms with Gasteiger partial charge in [0.25, 0.3) is 0 Å². The molecule has 0 heterocycles. The fourth-order valence-electron chi connectivity index (χ4n) is 3.43. The van der Waals surface area contributed by atoms with E-state index >= 15 is 0 Å². The van der Waals surface area contributed by atoms with Crippen LogP contribution in [-0.2, 0) is 5.41 Å². The van der Waals surface area contributed by atoms with E-state index in [1.807, 2.05) is 0 Å². The molecule has 1 aliphatic rings. The smallest absolute Gasteiger partial charge is 0.126 e. The zero-order valence-electron chi connectivity index (χ0n) is 15.0. The highest BCUT2D eigenvalue weighted by molar-refractivity contribution is 5.59. The monoisotopic (exact) mass is 302 g/mol. The van der Waals surface area contributed by atoms with Crippen LogP contribution in [0.25, 0.3) is 0 Å². The summed E-state index contributed by atoms with van der Waals surface area (Å²) in [5.74, 6) is 0.746. The number of hydrogen-bond donors (Lipinski definition) is 0. The third-order valence-corrected chi connectivity index (χ3v) is 5.02. The van der Waals surface area contributed by atoms with Crippen molar-refractivity contribution in [2.75, 3.05) is 7.11 Å². The van der Waals surface area contributed by atoms with Gasteiger partial charge in [-0.1, -0.05) is 31.9 Å². The first kappa shape index (κ1) is 16.8. The van der Waals surface area contributed by atoms with Crippen LogP contribution in [0.1, 0.15) is 65.5 Å². The molecule has 2 heteroatoms. The highest BCUT2D eigenvalue weighted by Gasteiger charge is 2.31. The van der Waals surface area contributed by atoms with E-state index in [0.29, 0.717) is 0 Å². The van der Waals surface area contributed by atoms with Gasteiger partial charge in [-0.05, 0) is 56.4 Å². The molecule has 0 fully saturated rings. The van der Waals surface area contributed by atoms with Gasteiger partial charge in [-0.15, -0.1) is 0 Å². The molecule has 0 unspecified atom stereocenters. The molecule has 2 rings (SSSR count). The van der Waals surface area contributed by atoms with E-state index in [1.54, 1.807) is 19.2 Å². The van der Waals surface area contributed by atoms with E-state index in [4.69, 9.17) is 4.74 Å². The van der Waals surface area contributed by atoms with Gasteiger partial charge in [0.1, 0.15) is 11.6 Å². The maximum atomic E-state index is 14.3. The molecule has 1 aliphatic carbocycles. The van der Waals surface area contributed by atoms with Crippen LogP contribution in [0, 0.1) is 5.82 Å². The number of benzene rings is 1. The molecule has 1 nitrogen and oxygen atoms in total. The van der Waals surface area contributed by atoms with Gasteiger partial charge in [0.2, 0.25) is 0 Å². The first-order valence-electron chi connectivity index (χ1n) is 7.82. The lowest BCUT2D eigenvalue weighted by atomic mass is 9.81. The van der Waals surface area contributed by atoms with Crippen molar-refractivity contribution in [1.82, 2.24) is 0 Å². The Labute approximate surface area is 133 Å². The van der Waals surface area contributed by atoms with Gasteiger partial charge in [-0.3, -0.25) is 0 Å². The summed E-state index contributed by atoms with van der Waals surface area (Å²) >= 11 is 0. The van der Waals surface area contributed by atoms with E-state index < -0.39 is 0 Å². The van der Waals surface area contributed by atoms with Crippen LogP contribution in [0.4, 0.5) is 4.39 Å². The Hall–Kier alpha value is -1.57. The van der Waals surface area contributed by atoms with Crippen LogP contribution in [0.2, 0.25) is 0 Å². The fraction of sp³-hybridized carbons (Fsp3) is 0.500. The van der Waals surface area contributed by atoms with Gasteiger partial charge < -0.3 is 4.74 Å². The second-order valence-electron chi connectivity index (χ2n) is 7.37. The molecule has 0 radical (unpaired) electrons. The maximum absolute atomic E-state index is 14.3. The summed E-state index contributed by atoms with van der Waals surface area (Å²) in [6.07, 6.45) is 0. The molecule has 0 saturated carbocycles. The van der Waals surface area contributed by atoms with Gasteiger partial charge in [0, 0.05) is 17.0 Å². The summed E-state index contributed by atoms with van der Waals surface area (Å²) in [6, 6.07) is 3.24. The molecule has 22 heavy (non-hydrogen) atoms. The molecule has 0 amide bonds. The highest BCUT2D eigenvalue weighted by Crippen LogP contribution is 2.48. The molecule has 0 atom stereocenters. The van der Waals surface area contributed by atoms with Crippen molar-refractivity contribution in [1.29, 1.82) is 0 Å². The van der Waals surface area contributed by atoms with Crippen LogP contribution >= 0.6 is 0 Å². The third kappa shape index (κ3) is 2.60. The molecule has 0 spiro atoms. The van der Waals surface area contributed by atoms with Crippen molar-refractivity contribution >= 4 is 0 Å². The number of hydrogen-bond acceptors (Lipinski definition) is 1. The SMILES string of the molecule is COc1c(C2C(C)=C(C)C(C)=C2C)cc(F)cc1C(C)(C)C. The molecule has 0 bridgehead atoms. The second-order valence-corrected chi connectivity index (χ2v) is 7.37. The third-order valence-electron chi connectivity index (χ3n) is 5.02. The maximum Gasteiger partial charge on any atom is 0.126 e. The van der Waals surface area contributed by atoms with E-state index in [0.717, 1.165) is 16.9 Å². The van der Waals surface area contributed by atoms with E-state index in [-0.39, 0.29) is 17.2 Å². The van der Waals surface area contributed by atoms with Gasteiger partial charge >= 0.3 is 0 Å². The van der Waals surface area contributed by atoms with Crippen molar-refractivity contribution in [3.05, 3.63) is 51.4 Å². The number of rotatable bonds is 2. The van der Waals surface area contributed by atoms with E-state index in [9.17, 15) is 4.39 Å². The predicted octanol–water partition coefficient (Wildman–Crippen LogP) is 5.90. The average molecular weight is 302 g/mol. The largest absolute Gasteiger partial charge is 0.496 e. The minimum atomic E-state index is -0.191. The second kappa shape index (κ2) is 5.57. The van der Waals surface area contributed by atoms with Crippen molar-refractivity contribution in [3.8, 4) is 5.75 Å². The molecule has 0 N–H and O–H groups in total. The van der Waals surface area contributed by atoms with Crippen LogP contribution < -0.4 is 4.74 Å². The lowest BCUT2D eigenvalue weighted by molar-refractivity contribution is 0.389. The molecular weight excluding hydrogens is 275 g/mol. The summed E-state index contributed by atoms with van der Waals surface area (Å²) in [7, 11) is 1.68. The van der Waals surface area contributed by atoms with Crippen LogP contribution in [0.5, 0.6) is 5.75 Å². The van der Waals surface area contributed by atoms with Crippen molar-refractivity contribution in [2.24, 2.45) is 0 Å². The average Bonchev–Trinajstić information content (AvgIpc) is 2.61. The minimum absolute atomic E-state index is 0.117. The van der Waals surface area contributed by atoms with Gasteiger partial charge in [0.15, 0.2) is 0 Å². The summed E-state index contributed by atoms with van der Waals surface area (Å²) in [5, 5.41) is 0. The Morgan fingerprint density at radius 1 is 0.955 bits per heavy atom. The van der Waals surface area contributed by atoms with E-state index in [1.165, 1.54) is 22.3 Å². The summed E-state index contributed by atoms with van der Waals surface area (Å²) < 4.78 is 20.0. The predicted molar refractivity (Wildman–Crippen MR) is 91.1 cm³/mol. The quantitative estimate of drug-likeness (QED) is 0.660. The number of methoxy groups -OCH3 is 1. The zero-order chi connectivity index (χ0) is 16.8. The number of halogens is 1. The standard InChI is InChI=1S/C20H27FO/c1-11-12(2)14(4)18(13(11)3)16-9-15(21)10-17(19(16)22-8)20(5,6)7/h9-10,18H,1-8H3. The summed E-state index contributed by atoms with van der Waals surface area (Å²) in [4.78, 5) is 0. The highest BCUT2D eigenvalue weighted by atomic mass is 19.1. The molecular formula is C20H27FO. The number of ether oxygens (including phenoxy) is 1. The van der Waals surface area contributed by atoms with Gasteiger partial charge in [0.05, 0.1) is 7.11 Å². The summed E-state index contributed by atoms with van der Waals surface area (Å²) in [6.45, 7) is 14.8. The van der Waals surface area contributed by atoms with Crippen molar-refractivity contribution in [3.63, 3.8) is 0 Å². The molecule has 0 saturated heterocycles. The summed E-state index contributed by atoms with van der Waals surface area (Å²) in [5.41, 5.74) is 6.90. The Bertz CT molecular complexity index is 648. The normalized spacial score (nSPS) is 16.8. The molecule has 1 aromatic rings. The zero-order valence-corrected chi connectivity index (χ0v) is 15.0. The molecule has 0 aromatic heterocycles. The first-order valence-corrected chi connectivity index (χ1v) is 7.82. The van der Waals surface area contributed by atoms with Crippen LogP contribution in [-0.4, -0.2) is 7.11 Å². The Morgan fingerprint density at radius 2 is 1.45 bits per heavy atom. The molecule has 0 aliphatic heterocycles. The topological polar surface area (TPSA) is 9.23 Å². The Balaban J connectivity index is 2.75. The molecule has 120 valence electrons. The lowest BCUT2D eigenvalue weighted by Crippen LogP contribution is -2.16. The Morgan fingerprint density at radius 3 is 1.86 bits per heavy atom. The lowest BCUT2D eigenvalue weighted by Gasteiger charge is -2.27. The molecule has 1 aromatic carbocycles. The Kier molecular flexibility index (Phi) is 4.25. The van der Waals surface area contributed by atoms with Crippen molar-refractivity contribution in [2.45, 2.75) is 59.8 Å². The van der Waals surface area contributed by atoms with Crippen molar-refractivity contribution < 1.29 is 9.13 Å². The van der Waals surface area contributed by atoms with E-state index in [2.05, 4.69) is 48.5 Å². The minimum Gasteiger partial charge on any atom is -0.496 e. The fourth-order valence-corrected chi connectivity index (χ4v) is 3.43.